The second kappa shape index (κ2) is 5.58. The molecule has 0 bridgehead atoms. The van der Waals surface area contributed by atoms with Gasteiger partial charge in [0.2, 0.25) is 0 Å². The van der Waals surface area contributed by atoms with E-state index in [-0.39, 0.29) is 5.97 Å². The van der Waals surface area contributed by atoms with Crippen molar-refractivity contribution in [2.75, 3.05) is 5.73 Å². The molecule has 0 atom stereocenters. The zero-order valence-electron chi connectivity index (χ0n) is 12.1. The molecule has 2 aromatic rings. The van der Waals surface area contributed by atoms with Gasteiger partial charge in [0.25, 0.3) is 0 Å². The minimum Gasteiger partial charge on any atom is -0.456 e. The van der Waals surface area contributed by atoms with Gasteiger partial charge in [-0.15, -0.1) is 11.3 Å². The van der Waals surface area contributed by atoms with E-state index in [9.17, 15) is 4.79 Å². The quantitative estimate of drug-likeness (QED) is 0.845. The van der Waals surface area contributed by atoms with Crippen LogP contribution < -0.4 is 5.73 Å². The van der Waals surface area contributed by atoms with Crippen molar-refractivity contribution in [3.8, 4) is 10.4 Å². The Hall–Kier alpha value is -1.33. The van der Waals surface area contributed by atoms with Gasteiger partial charge in [-0.3, -0.25) is 0 Å². The first kappa shape index (κ1) is 15.1. The Labute approximate surface area is 127 Å². The van der Waals surface area contributed by atoms with Gasteiger partial charge in [0.05, 0.1) is 5.69 Å². The Morgan fingerprint density at radius 2 is 2.10 bits per heavy atom. The Kier molecular flexibility index (Phi) is 4.20. The van der Waals surface area contributed by atoms with E-state index in [4.69, 9.17) is 10.5 Å². The molecule has 0 aromatic carbocycles. The number of ether oxygens (including phenoxy) is 1. The van der Waals surface area contributed by atoms with E-state index < -0.39 is 5.60 Å². The zero-order valence-corrected chi connectivity index (χ0v) is 13.8. The summed E-state index contributed by atoms with van der Waals surface area (Å²) in [4.78, 5) is 13.8. The Morgan fingerprint density at radius 1 is 1.40 bits per heavy atom. The fourth-order valence-electron chi connectivity index (χ4n) is 1.93. The lowest BCUT2D eigenvalue weighted by Crippen LogP contribution is -2.23. The Morgan fingerprint density at radius 3 is 2.60 bits per heavy atom. The molecule has 0 fully saturated rings. The van der Waals surface area contributed by atoms with E-state index >= 15 is 0 Å². The third-order valence-electron chi connectivity index (χ3n) is 2.77. The maximum atomic E-state index is 12.2. The summed E-state index contributed by atoms with van der Waals surface area (Å²) in [6, 6.07) is 2.05. The van der Waals surface area contributed by atoms with Crippen molar-refractivity contribution in [3.63, 3.8) is 0 Å². The molecular weight excluding hydrogens is 290 g/mol. The average Bonchev–Trinajstić information content (AvgIpc) is 2.93. The molecule has 0 aliphatic rings. The van der Waals surface area contributed by atoms with E-state index in [0.29, 0.717) is 10.6 Å². The van der Waals surface area contributed by atoms with Crippen LogP contribution in [0.2, 0.25) is 0 Å². The average molecular weight is 309 g/mol. The number of nitrogens with two attached hydrogens (primary N) is 1. The van der Waals surface area contributed by atoms with Gasteiger partial charge < -0.3 is 10.5 Å². The molecule has 2 rings (SSSR count). The molecule has 0 saturated heterocycles. The summed E-state index contributed by atoms with van der Waals surface area (Å²) in [7, 11) is 0. The van der Waals surface area contributed by atoms with Gasteiger partial charge in [0.1, 0.15) is 10.5 Å². The maximum Gasteiger partial charge on any atom is 0.351 e. The molecule has 2 heterocycles. The summed E-state index contributed by atoms with van der Waals surface area (Å²) in [6.45, 7) is 7.62. The van der Waals surface area contributed by atoms with Crippen molar-refractivity contribution in [1.29, 1.82) is 0 Å². The van der Waals surface area contributed by atoms with Gasteiger partial charge in [0.15, 0.2) is 0 Å². The molecule has 2 N–H and O–H groups in total. The van der Waals surface area contributed by atoms with E-state index in [2.05, 4.69) is 5.38 Å². The molecule has 0 amide bonds. The third kappa shape index (κ3) is 3.04. The molecule has 108 valence electrons. The zero-order chi connectivity index (χ0) is 14.9. The summed E-state index contributed by atoms with van der Waals surface area (Å²) in [5, 5.41) is 4.10. The molecule has 3 nitrogen and oxygen atoms in total. The lowest BCUT2D eigenvalue weighted by atomic mass is 10.1. The minimum absolute atomic E-state index is 0.337. The largest absolute Gasteiger partial charge is 0.456 e. The van der Waals surface area contributed by atoms with Gasteiger partial charge in [-0.25, -0.2) is 4.79 Å². The number of esters is 1. The number of hydrogen-bond donors (Lipinski definition) is 1. The van der Waals surface area contributed by atoms with Crippen LogP contribution in [0.1, 0.15) is 42.9 Å². The Bertz CT molecular complexity index is 607. The predicted molar refractivity (Wildman–Crippen MR) is 86.6 cm³/mol. The Balaban J connectivity index is 2.44. The van der Waals surface area contributed by atoms with E-state index in [1.54, 1.807) is 11.3 Å². The standard InChI is InChI=1S/C15H19NO2S2/c1-5-10-11(16)13(14(17)18-15(2,3)4)20-12(10)9-6-7-19-8-9/h6-8H,5,16H2,1-4H3. The van der Waals surface area contributed by atoms with Crippen molar-refractivity contribution in [3.05, 3.63) is 27.3 Å². The summed E-state index contributed by atoms with van der Waals surface area (Å²) in [5.74, 6) is -0.337. The highest BCUT2D eigenvalue weighted by atomic mass is 32.1. The van der Waals surface area contributed by atoms with Gasteiger partial charge in [0, 0.05) is 10.4 Å². The highest BCUT2D eigenvalue weighted by molar-refractivity contribution is 7.18. The second-order valence-corrected chi connectivity index (χ2v) is 7.32. The van der Waals surface area contributed by atoms with Crippen molar-refractivity contribution in [2.24, 2.45) is 0 Å². The van der Waals surface area contributed by atoms with Crippen LogP contribution in [0.4, 0.5) is 5.69 Å². The lowest BCUT2D eigenvalue weighted by molar-refractivity contribution is 0.00763. The second-order valence-electron chi connectivity index (χ2n) is 5.52. The van der Waals surface area contributed by atoms with Crippen LogP contribution in [-0.4, -0.2) is 11.6 Å². The summed E-state index contributed by atoms with van der Waals surface area (Å²) in [6.07, 6.45) is 0.802. The highest BCUT2D eigenvalue weighted by Crippen LogP contribution is 2.40. The van der Waals surface area contributed by atoms with Gasteiger partial charge in [-0.1, -0.05) is 6.92 Å². The van der Waals surface area contributed by atoms with E-state index in [1.165, 1.54) is 11.3 Å². The maximum absolute atomic E-state index is 12.2. The van der Waals surface area contributed by atoms with Crippen LogP contribution in [0.5, 0.6) is 0 Å². The summed E-state index contributed by atoms with van der Waals surface area (Å²) in [5.41, 5.74) is 8.36. The van der Waals surface area contributed by atoms with E-state index in [1.807, 2.05) is 39.1 Å². The molecule has 0 unspecified atom stereocenters. The molecule has 0 aliphatic carbocycles. The number of thiophene rings is 2. The van der Waals surface area contributed by atoms with Crippen LogP contribution in [0.15, 0.2) is 16.8 Å². The first-order chi connectivity index (χ1) is 9.33. The molecule has 0 spiro atoms. The smallest absolute Gasteiger partial charge is 0.351 e. The highest BCUT2D eigenvalue weighted by Gasteiger charge is 2.25. The van der Waals surface area contributed by atoms with Crippen LogP contribution in [0.25, 0.3) is 10.4 Å². The van der Waals surface area contributed by atoms with Gasteiger partial charge in [-0.05, 0) is 49.6 Å². The number of carbonyl (C=O) groups excluding carboxylic acids is 1. The molecule has 2 aromatic heterocycles. The van der Waals surface area contributed by atoms with Crippen molar-refractivity contribution in [1.82, 2.24) is 0 Å². The summed E-state index contributed by atoms with van der Waals surface area (Å²) >= 11 is 3.06. The molecule has 0 aliphatic heterocycles. The first-order valence-corrected chi connectivity index (χ1v) is 8.26. The minimum atomic E-state index is -0.511. The number of rotatable bonds is 3. The number of hydrogen-bond acceptors (Lipinski definition) is 5. The van der Waals surface area contributed by atoms with Crippen molar-refractivity contribution >= 4 is 34.3 Å². The van der Waals surface area contributed by atoms with Gasteiger partial charge in [-0.2, -0.15) is 11.3 Å². The van der Waals surface area contributed by atoms with Crippen molar-refractivity contribution < 1.29 is 9.53 Å². The molecule has 0 saturated carbocycles. The fourth-order valence-corrected chi connectivity index (χ4v) is 3.84. The fraction of sp³-hybridized carbons (Fsp3) is 0.400. The van der Waals surface area contributed by atoms with Crippen LogP contribution in [0.3, 0.4) is 0 Å². The third-order valence-corrected chi connectivity index (χ3v) is 4.73. The van der Waals surface area contributed by atoms with Crippen LogP contribution >= 0.6 is 22.7 Å². The van der Waals surface area contributed by atoms with E-state index in [0.717, 1.165) is 22.4 Å². The number of anilines is 1. The number of carbonyl (C=O) groups is 1. The summed E-state index contributed by atoms with van der Waals surface area (Å²) < 4.78 is 5.43. The number of nitrogen functional groups attached to an aromatic ring is 1. The molecule has 5 heteroatoms. The molecular formula is C15H19NO2S2. The normalized spacial score (nSPS) is 11.6. The van der Waals surface area contributed by atoms with Gasteiger partial charge >= 0.3 is 5.97 Å². The van der Waals surface area contributed by atoms with Crippen LogP contribution in [-0.2, 0) is 11.2 Å². The SMILES string of the molecule is CCc1c(-c2ccsc2)sc(C(=O)OC(C)(C)C)c1N. The van der Waals surface area contributed by atoms with Crippen molar-refractivity contribution in [2.45, 2.75) is 39.7 Å². The lowest BCUT2D eigenvalue weighted by Gasteiger charge is -2.19. The monoisotopic (exact) mass is 309 g/mol. The molecule has 20 heavy (non-hydrogen) atoms. The topological polar surface area (TPSA) is 52.3 Å². The predicted octanol–water partition coefficient (Wildman–Crippen LogP) is 4.58. The molecule has 0 radical (unpaired) electrons. The first-order valence-electron chi connectivity index (χ1n) is 6.50. The van der Waals surface area contributed by atoms with Crippen LogP contribution in [0, 0.1) is 0 Å².